The molecule has 0 spiro atoms. The van der Waals surface area contributed by atoms with E-state index in [0.717, 1.165) is 34.0 Å². The van der Waals surface area contributed by atoms with Crippen LogP contribution in [0, 0.1) is 0 Å². The van der Waals surface area contributed by atoms with E-state index in [2.05, 4.69) is 22.5 Å². The predicted molar refractivity (Wildman–Crippen MR) is 121 cm³/mol. The van der Waals surface area contributed by atoms with Gasteiger partial charge in [0.2, 0.25) is 11.8 Å². The van der Waals surface area contributed by atoms with Crippen molar-refractivity contribution in [2.45, 2.75) is 29.9 Å². The summed E-state index contributed by atoms with van der Waals surface area (Å²) in [6, 6.07) is 15.3. The number of nitrogens with zero attached hydrogens (tertiary/aromatic N) is 1. The minimum atomic E-state index is -0.463. The van der Waals surface area contributed by atoms with Crippen LogP contribution in [-0.4, -0.2) is 28.7 Å². The Labute approximate surface area is 183 Å². The number of thiazole rings is 1. The number of carbonyl (C=O) groups is 2. The third-order valence-electron chi connectivity index (χ3n) is 4.45. The van der Waals surface area contributed by atoms with E-state index in [1.807, 2.05) is 53.9 Å². The minimum absolute atomic E-state index is 0.0865. The molecule has 2 N–H and O–H groups in total. The number of aromatic nitrogens is 1. The fraction of sp³-hybridized carbons (Fsp3) is 0.227. The number of nitrogens with one attached hydrogen (secondary N) is 2. The van der Waals surface area contributed by atoms with Crippen molar-refractivity contribution in [1.29, 1.82) is 0 Å². The molecule has 0 fully saturated rings. The van der Waals surface area contributed by atoms with Gasteiger partial charge in [-0.1, -0.05) is 19.1 Å². The van der Waals surface area contributed by atoms with Gasteiger partial charge < -0.3 is 15.4 Å². The van der Waals surface area contributed by atoms with Crippen molar-refractivity contribution in [3.05, 3.63) is 53.9 Å². The third-order valence-corrected chi connectivity index (χ3v) is 6.48. The summed E-state index contributed by atoms with van der Waals surface area (Å²) in [5.74, 6) is 0.444. The van der Waals surface area contributed by atoms with Crippen LogP contribution in [0.25, 0.3) is 11.3 Å². The summed E-state index contributed by atoms with van der Waals surface area (Å²) < 4.78 is 5.60. The smallest absolute Gasteiger partial charge is 0.238 e. The molecule has 8 heteroatoms. The molecule has 2 heterocycles. The lowest BCUT2D eigenvalue weighted by atomic mass is 10.2. The molecule has 0 saturated heterocycles. The minimum Gasteiger partial charge on any atom is -0.494 e. The number of rotatable bonds is 7. The Morgan fingerprint density at radius 2 is 2.00 bits per heavy atom. The molecule has 0 bridgehead atoms. The maximum absolute atomic E-state index is 12.5. The Morgan fingerprint density at radius 3 is 2.80 bits per heavy atom. The van der Waals surface area contributed by atoms with E-state index in [1.165, 1.54) is 23.1 Å². The van der Waals surface area contributed by atoms with Gasteiger partial charge in [0.1, 0.15) is 5.75 Å². The monoisotopic (exact) mass is 439 g/mol. The van der Waals surface area contributed by atoms with Crippen LogP contribution in [0.2, 0.25) is 0 Å². The number of ether oxygens (including phenoxy) is 1. The van der Waals surface area contributed by atoms with Crippen LogP contribution in [0.5, 0.6) is 5.75 Å². The Kier molecular flexibility index (Phi) is 6.35. The van der Waals surface area contributed by atoms with Crippen LogP contribution in [0.1, 0.15) is 19.8 Å². The molecule has 0 aliphatic carbocycles. The second-order valence-electron chi connectivity index (χ2n) is 6.75. The first-order valence-electron chi connectivity index (χ1n) is 9.67. The van der Waals surface area contributed by atoms with Gasteiger partial charge in [0.05, 0.1) is 23.2 Å². The zero-order valence-corrected chi connectivity index (χ0v) is 18.0. The number of hydrogen-bond donors (Lipinski definition) is 2. The molecule has 2 aromatic carbocycles. The fourth-order valence-corrected chi connectivity index (χ4v) is 4.82. The van der Waals surface area contributed by atoms with Crippen molar-refractivity contribution in [2.24, 2.45) is 0 Å². The van der Waals surface area contributed by atoms with Crippen LogP contribution in [0.4, 0.5) is 10.8 Å². The molecule has 2 amide bonds. The molecule has 1 aromatic heterocycles. The summed E-state index contributed by atoms with van der Waals surface area (Å²) in [4.78, 5) is 30.2. The summed E-state index contributed by atoms with van der Waals surface area (Å²) in [7, 11) is 0. The quantitative estimate of drug-likeness (QED) is 0.539. The predicted octanol–water partition coefficient (Wildman–Crippen LogP) is 5.04. The Morgan fingerprint density at radius 1 is 1.20 bits per heavy atom. The highest BCUT2D eigenvalue weighted by Crippen LogP contribution is 2.36. The maximum Gasteiger partial charge on any atom is 0.238 e. The third kappa shape index (κ3) is 4.83. The molecule has 30 heavy (non-hydrogen) atoms. The van der Waals surface area contributed by atoms with Crippen LogP contribution in [0.15, 0.2) is 58.8 Å². The number of benzene rings is 2. The summed E-state index contributed by atoms with van der Waals surface area (Å²) >= 11 is 2.77. The number of amides is 2. The molecule has 6 nitrogen and oxygen atoms in total. The highest BCUT2D eigenvalue weighted by molar-refractivity contribution is 8.01. The molecule has 0 radical (unpaired) electrons. The molecule has 1 aliphatic heterocycles. The SMILES string of the molecule is CCCOc1ccc(-c2csc(NC(=O)CC3Sc4ccccc4NC3=O)n2)cc1. The molecular formula is C22H21N3O3S2. The van der Waals surface area contributed by atoms with Gasteiger partial charge in [0, 0.05) is 22.3 Å². The van der Waals surface area contributed by atoms with E-state index < -0.39 is 5.25 Å². The van der Waals surface area contributed by atoms with E-state index in [9.17, 15) is 9.59 Å². The van der Waals surface area contributed by atoms with Gasteiger partial charge >= 0.3 is 0 Å². The van der Waals surface area contributed by atoms with Crippen molar-refractivity contribution >= 4 is 45.7 Å². The largest absolute Gasteiger partial charge is 0.494 e. The number of fused-ring (bicyclic) bond motifs is 1. The zero-order chi connectivity index (χ0) is 20.9. The van der Waals surface area contributed by atoms with Crippen molar-refractivity contribution in [1.82, 2.24) is 4.98 Å². The van der Waals surface area contributed by atoms with Gasteiger partial charge in [-0.05, 0) is 42.8 Å². The Hall–Kier alpha value is -2.84. The highest BCUT2D eigenvalue weighted by Gasteiger charge is 2.29. The first kappa shape index (κ1) is 20.4. The molecule has 1 atom stereocenters. The average molecular weight is 440 g/mol. The second kappa shape index (κ2) is 9.32. The standard InChI is InChI=1S/C22H21N3O3S2/c1-2-11-28-15-9-7-14(8-10-15)17-13-29-22(24-17)25-20(26)12-19-21(27)23-16-5-3-4-6-18(16)30-19/h3-10,13,19H,2,11-12H2,1H3,(H,23,27)(H,24,25,26). The molecule has 154 valence electrons. The Balaban J connectivity index is 1.36. The first-order chi connectivity index (χ1) is 14.6. The number of thioether (sulfide) groups is 1. The van der Waals surface area contributed by atoms with Gasteiger partial charge in [-0.15, -0.1) is 23.1 Å². The summed E-state index contributed by atoms with van der Waals surface area (Å²) in [6.07, 6.45) is 1.05. The van der Waals surface area contributed by atoms with Gasteiger partial charge in [-0.3, -0.25) is 9.59 Å². The van der Waals surface area contributed by atoms with Crippen LogP contribution >= 0.6 is 23.1 Å². The molecular weight excluding hydrogens is 418 g/mol. The van der Waals surface area contributed by atoms with Crippen molar-refractivity contribution < 1.29 is 14.3 Å². The van der Waals surface area contributed by atoms with Crippen LogP contribution < -0.4 is 15.4 Å². The fourth-order valence-electron chi connectivity index (χ4n) is 2.97. The summed E-state index contributed by atoms with van der Waals surface area (Å²) in [6.45, 7) is 2.76. The van der Waals surface area contributed by atoms with E-state index >= 15 is 0 Å². The highest BCUT2D eigenvalue weighted by atomic mass is 32.2. The topological polar surface area (TPSA) is 80.3 Å². The second-order valence-corrected chi connectivity index (χ2v) is 8.86. The number of para-hydroxylation sites is 1. The van der Waals surface area contributed by atoms with Crippen molar-refractivity contribution in [3.8, 4) is 17.0 Å². The van der Waals surface area contributed by atoms with Crippen molar-refractivity contribution in [3.63, 3.8) is 0 Å². The average Bonchev–Trinajstić information content (AvgIpc) is 3.21. The van der Waals surface area contributed by atoms with E-state index in [4.69, 9.17) is 4.74 Å². The lowest BCUT2D eigenvalue weighted by Gasteiger charge is -2.23. The van der Waals surface area contributed by atoms with Gasteiger partial charge in [0.15, 0.2) is 5.13 Å². The van der Waals surface area contributed by atoms with E-state index in [0.29, 0.717) is 11.7 Å². The summed E-state index contributed by atoms with van der Waals surface area (Å²) in [5, 5.41) is 7.62. The number of hydrogen-bond acceptors (Lipinski definition) is 6. The normalized spacial score (nSPS) is 15.2. The van der Waals surface area contributed by atoms with E-state index in [1.54, 1.807) is 0 Å². The van der Waals surface area contributed by atoms with Gasteiger partial charge in [-0.2, -0.15) is 0 Å². The van der Waals surface area contributed by atoms with Crippen molar-refractivity contribution in [2.75, 3.05) is 17.2 Å². The molecule has 3 aromatic rings. The molecule has 4 rings (SSSR count). The summed E-state index contributed by atoms with van der Waals surface area (Å²) in [5.41, 5.74) is 2.53. The zero-order valence-electron chi connectivity index (χ0n) is 16.4. The Bertz CT molecular complexity index is 1050. The maximum atomic E-state index is 12.5. The van der Waals surface area contributed by atoms with Crippen LogP contribution in [0.3, 0.4) is 0 Å². The van der Waals surface area contributed by atoms with Crippen LogP contribution in [-0.2, 0) is 9.59 Å². The molecule has 1 unspecified atom stereocenters. The van der Waals surface area contributed by atoms with E-state index in [-0.39, 0.29) is 18.2 Å². The molecule has 0 saturated carbocycles. The number of carbonyl (C=O) groups excluding carboxylic acids is 2. The first-order valence-corrected chi connectivity index (χ1v) is 11.4. The molecule has 1 aliphatic rings. The lowest BCUT2D eigenvalue weighted by Crippen LogP contribution is -2.32. The number of anilines is 2. The lowest BCUT2D eigenvalue weighted by molar-refractivity contribution is -0.120. The van der Waals surface area contributed by atoms with Gasteiger partial charge in [-0.25, -0.2) is 4.98 Å². The van der Waals surface area contributed by atoms with Gasteiger partial charge in [0.25, 0.3) is 0 Å².